The number of pyridine rings is 1. The van der Waals surface area contributed by atoms with Crippen LogP contribution in [0.2, 0.25) is 0 Å². The van der Waals surface area contributed by atoms with Crippen molar-refractivity contribution in [3.05, 3.63) is 27.2 Å². The van der Waals surface area contributed by atoms with Gasteiger partial charge in [-0.3, -0.25) is 9.48 Å². The second-order valence-electron chi connectivity index (χ2n) is 3.54. The summed E-state index contributed by atoms with van der Waals surface area (Å²) in [4.78, 5) is 11.8. The van der Waals surface area contributed by atoms with E-state index in [9.17, 15) is 4.79 Å². The fourth-order valence-corrected chi connectivity index (χ4v) is 2.13. The minimum Gasteiger partial charge on any atom is -0.383 e. The van der Waals surface area contributed by atoms with Gasteiger partial charge < -0.3 is 9.30 Å². The Bertz CT molecular complexity index is 573. The van der Waals surface area contributed by atoms with E-state index in [0.29, 0.717) is 24.1 Å². The molecule has 86 valence electrons. The highest BCUT2D eigenvalue weighted by molar-refractivity contribution is 9.10. The Balaban J connectivity index is 2.56. The third kappa shape index (κ3) is 1.90. The van der Waals surface area contributed by atoms with Crippen LogP contribution in [0, 0.1) is 0 Å². The molecule has 2 aromatic rings. The molecular formula is C10H12BrN3O2. The van der Waals surface area contributed by atoms with Crippen molar-refractivity contribution in [3.8, 4) is 0 Å². The highest BCUT2D eigenvalue weighted by atomic mass is 79.9. The molecule has 5 nitrogen and oxygen atoms in total. The molecule has 2 heterocycles. The van der Waals surface area contributed by atoms with Gasteiger partial charge in [-0.2, -0.15) is 5.10 Å². The third-order valence-corrected chi connectivity index (χ3v) is 2.95. The Labute approximate surface area is 101 Å². The Kier molecular flexibility index (Phi) is 3.11. The van der Waals surface area contributed by atoms with Crippen molar-refractivity contribution in [2.24, 2.45) is 7.05 Å². The molecule has 0 fully saturated rings. The van der Waals surface area contributed by atoms with Gasteiger partial charge in [0, 0.05) is 26.6 Å². The maximum atomic E-state index is 11.8. The van der Waals surface area contributed by atoms with Crippen LogP contribution >= 0.6 is 15.9 Å². The number of halogens is 1. The topological polar surface area (TPSA) is 49.0 Å². The van der Waals surface area contributed by atoms with Crippen LogP contribution in [0.1, 0.15) is 0 Å². The molecule has 2 rings (SSSR count). The van der Waals surface area contributed by atoms with Gasteiger partial charge in [0.25, 0.3) is 5.56 Å². The van der Waals surface area contributed by atoms with Crippen LogP contribution in [0.4, 0.5) is 0 Å². The molecule has 0 unspecified atom stereocenters. The number of ether oxygens (including phenoxy) is 1. The average molecular weight is 286 g/mol. The van der Waals surface area contributed by atoms with E-state index in [1.165, 1.54) is 4.57 Å². The van der Waals surface area contributed by atoms with Gasteiger partial charge in [0.1, 0.15) is 5.52 Å². The summed E-state index contributed by atoms with van der Waals surface area (Å²) in [6, 6.07) is 0. The standard InChI is InChI=1S/C10H12BrN3O2/c1-13-6-8(11)9-7(10(13)15)5-14(12-9)3-4-16-2/h5-6H,3-4H2,1-2H3. The molecule has 0 atom stereocenters. The minimum absolute atomic E-state index is 0.0399. The average Bonchev–Trinajstić information content (AvgIpc) is 2.68. The van der Waals surface area contributed by atoms with Crippen molar-refractivity contribution >= 4 is 26.8 Å². The second kappa shape index (κ2) is 4.39. The van der Waals surface area contributed by atoms with Crippen LogP contribution < -0.4 is 5.56 Å². The summed E-state index contributed by atoms with van der Waals surface area (Å²) in [7, 11) is 3.36. The summed E-state index contributed by atoms with van der Waals surface area (Å²) in [6.45, 7) is 1.21. The predicted molar refractivity (Wildman–Crippen MR) is 64.6 cm³/mol. The molecule has 0 spiro atoms. The quantitative estimate of drug-likeness (QED) is 0.850. The van der Waals surface area contributed by atoms with Gasteiger partial charge in [-0.1, -0.05) is 0 Å². The number of methoxy groups -OCH3 is 1. The maximum absolute atomic E-state index is 11.8. The molecular weight excluding hydrogens is 274 g/mol. The summed E-state index contributed by atoms with van der Waals surface area (Å²) < 4.78 is 9.05. The molecule has 0 saturated heterocycles. The van der Waals surface area contributed by atoms with Crippen LogP contribution in [0.15, 0.2) is 21.7 Å². The molecule has 0 saturated carbocycles. The van der Waals surface area contributed by atoms with Crippen LogP contribution in [-0.4, -0.2) is 28.1 Å². The van der Waals surface area contributed by atoms with E-state index in [-0.39, 0.29) is 5.56 Å². The zero-order chi connectivity index (χ0) is 11.7. The fraction of sp³-hybridized carbons (Fsp3) is 0.400. The molecule has 0 aromatic carbocycles. The van der Waals surface area contributed by atoms with Crippen molar-refractivity contribution < 1.29 is 4.74 Å². The molecule has 2 aromatic heterocycles. The Morgan fingerprint density at radius 2 is 2.25 bits per heavy atom. The molecule has 0 aliphatic carbocycles. The summed E-state index contributed by atoms with van der Waals surface area (Å²) >= 11 is 3.40. The number of nitrogens with zero attached hydrogens (tertiary/aromatic N) is 3. The van der Waals surface area contributed by atoms with Crippen molar-refractivity contribution in [3.63, 3.8) is 0 Å². The summed E-state index contributed by atoms with van der Waals surface area (Å²) in [6.07, 6.45) is 3.47. The maximum Gasteiger partial charge on any atom is 0.261 e. The number of fused-ring (bicyclic) bond motifs is 1. The number of aryl methyl sites for hydroxylation is 1. The lowest BCUT2D eigenvalue weighted by atomic mass is 10.3. The fourth-order valence-electron chi connectivity index (χ4n) is 1.53. The van der Waals surface area contributed by atoms with E-state index >= 15 is 0 Å². The summed E-state index contributed by atoms with van der Waals surface area (Å²) in [5, 5.41) is 4.95. The Hall–Kier alpha value is -1.14. The second-order valence-corrected chi connectivity index (χ2v) is 4.39. The number of hydrogen-bond donors (Lipinski definition) is 0. The first-order chi connectivity index (χ1) is 7.63. The zero-order valence-electron chi connectivity index (χ0n) is 9.11. The first-order valence-corrected chi connectivity index (χ1v) is 5.64. The van der Waals surface area contributed by atoms with Crippen LogP contribution in [0.25, 0.3) is 10.9 Å². The summed E-state index contributed by atoms with van der Waals surface area (Å²) in [5.74, 6) is 0. The highest BCUT2D eigenvalue weighted by Crippen LogP contribution is 2.18. The first kappa shape index (κ1) is 11.3. The lowest BCUT2D eigenvalue weighted by molar-refractivity contribution is 0.184. The van der Waals surface area contributed by atoms with Crippen molar-refractivity contribution in [1.29, 1.82) is 0 Å². The highest BCUT2D eigenvalue weighted by Gasteiger charge is 2.09. The van der Waals surface area contributed by atoms with E-state index in [1.54, 1.807) is 31.2 Å². The predicted octanol–water partition coefficient (Wildman–Crippen LogP) is 1.14. The normalized spacial score (nSPS) is 11.2. The SMILES string of the molecule is COCCn1cc2c(=O)n(C)cc(Br)c2n1. The molecule has 0 bridgehead atoms. The van der Waals surface area contributed by atoms with Crippen molar-refractivity contribution in [1.82, 2.24) is 14.3 Å². The Morgan fingerprint density at radius 3 is 2.94 bits per heavy atom. The van der Waals surface area contributed by atoms with Gasteiger partial charge in [0.05, 0.1) is 23.0 Å². The van der Waals surface area contributed by atoms with E-state index < -0.39 is 0 Å². The lowest BCUT2D eigenvalue weighted by Crippen LogP contribution is -2.15. The van der Waals surface area contributed by atoms with Crippen LogP contribution in [0.5, 0.6) is 0 Å². The zero-order valence-corrected chi connectivity index (χ0v) is 10.7. The van der Waals surface area contributed by atoms with Gasteiger partial charge in [0.2, 0.25) is 0 Å². The van der Waals surface area contributed by atoms with Crippen LogP contribution in [-0.2, 0) is 18.3 Å². The van der Waals surface area contributed by atoms with Crippen molar-refractivity contribution in [2.45, 2.75) is 6.54 Å². The molecule has 0 radical (unpaired) electrons. The molecule has 0 N–H and O–H groups in total. The van der Waals surface area contributed by atoms with Gasteiger partial charge in [-0.25, -0.2) is 0 Å². The van der Waals surface area contributed by atoms with Crippen LogP contribution in [0.3, 0.4) is 0 Å². The van der Waals surface area contributed by atoms with Gasteiger partial charge in [0.15, 0.2) is 0 Å². The Morgan fingerprint density at radius 1 is 1.50 bits per heavy atom. The molecule has 0 amide bonds. The van der Waals surface area contributed by atoms with Crippen molar-refractivity contribution in [2.75, 3.05) is 13.7 Å². The first-order valence-electron chi connectivity index (χ1n) is 4.84. The lowest BCUT2D eigenvalue weighted by Gasteiger charge is -1.98. The molecule has 16 heavy (non-hydrogen) atoms. The van der Waals surface area contributed by atoms with Gasteiger partial charge in [-0.15, -0.1) is 0 Å². The van der Waals surface area contributed by atoms with E-state index in [1.807, 2.05) is 0 Å². The monoisotopic (exact) mass is 285 g/mol. The smallest absolute Gasteiger partial charge is 0.261 e. The minimum atomic E-state index is -0.0399. The number of hydrogen-bond acceptors (Lipinski definition) is 3. The van der Waals surface area contributed by atoms with Gasteiger partial charge >= 0.3 is 0 Å². The largest absolute Gasteiger partial charge is 0.383 e. The van der Waals surface area contributed by atoms with Gasteiger partial charge in [-0.05, 0) is 15.9 Å². The van der Waals surface area contributed by atoms with E-state index in [0.717, 1.165) is 4.47 Å². The molecule has 6 heteroatoms. The number of rotatable bonds is 3. The number of aromatic nitrogens is 3. The van der Waals surface area contributed by atoms with E-state index in [2.05, 4.69) is 21.0 Å². The third-order valence-electron chi connectivity index (χ3n) is 2.37. The molecule has 0 aliphatic heterocycles. The molecule has 0 aliphatic rings. The summed E-state index contributed by atoms with van der Waals surface area (Å²) in [5.41, 5.74) is 0.654. The van der Waals surface area contributed by atoms with E-state index in [4.69, 9.17) is 4.74 Å².